The Morgan fingerprint density at radius 2 is 2.03 bits per heavy atom. The molecule has 1 N–H and O–H groups in total. The van der Waals surface area contributed by atoms with Crippen molar-refractivity contribution in [3.05, 3.63) is 62.4 Å². The molecule has 2 aromatic rings. The summed E-state index contributed by atoms with van der Waals surface area (Å²) in [6.07, 6.45) is 1.75. The molecule has 1 aliphatic heterocycles. The fraction of sp³-hybridized carbons (Fsp3) is 0.227. The molecule has 1 aliphatic rings. The quantitative estimate of drug-likeness (QED) is 0.327. The molecule has 8 heteroatoms. The standard InChI is InChI=1S/C22H20IN3O3S/c1-3-26-21(27)18(25-22(26)30)10-14-9-17(23)20(19(11-14)28-4-2)29-13-16-8-6-5-7-15(16)12-24/h5-11H,3-4,13H2,1-2H3,(H,25,30)/b18-10-. The van der Waals surface area contributed by atoms with Crippen LogP contribution < -0.4 is 14.8 Å². The molecule has 0 unspecified atom stereocenters. The number of ether oxygens (including phenoxy) is 2. The van der Waals surface area contributed by atoms with Crippen LogP contribution in [0, 0.1) is 14.9 Å². The van der Waals surface area contributed by atoms with E-state index in [1.807, 2.05) is 44.2 Å². The zero-order valence-electron chi connectivity index (χ0n) is 16.6. The van der Waals surface area contributed by atoms with Crippen LogP contribution >= 0.6 is 34.8 Å². The van der Waals surface area contributed by atoms with Gasteiger partial charge >= 0.3 is 0 Å². The number of benzene rings is 2. The zero-order chi connectivity index (χ0) is 21.7. The van der Waals surface area contributed by atoms with Gasteiger partial charge in [0.05, 0.1) is 21.8 Å². The molecule has 3 rings (SSSR count). The van der Waals surface area contributed by atoms with Crippen LogP contribution in [0.2, 0.25) is 0 Å². The second kappa shape index (κ2) is 9.91. The lowest BCUT2D eigenvalue weighted by molar-refractivity contribution is -0.122. The first-order valence-corrected chi connectivity index (χ1v) is 10.9. The maximum atomic E-state index is 12.5. The maximum absolute atomic E-state index is 12.5. The van der Waals surface area contributed by atoms with E-state index in [-0.39, 0.29) is 12.5 Å². The highest BCUT2D eigenvalue weighted by molar-refractivity contribution is 14.1. The molecule has 154 valence electrons. The fourth-order valence-electron chi connectivity index (χ4n) is 3.00. The van der Waals surface area contributed by atoms with Gasteiger partial charge in [-0.25, -0.2) is 0 Å². The van der Waals surface area contributed by atoms with Crippen molar-refractivity contribution in [3.8, 4) is 17.6 Å². The van der Waals surface area contributed by atoms with Gasteiger partial charge < -0.3 is 14.8 Å². The van der Waals surface area contributed by atoms with Crippen molar-refractivity contribution in [2.45, 2.75) is 20.5 Å². The first kappa shape index (κ1) is 22.1. The Kier molecular flexibility index (Phi) is 7.29. The van der Waals surface area contributed by atoms with Crippen LogP contribution in [0.5, 0.6) is 11.5 Å². The fourth-order valence-corrected chi connectivity index (χ4v) is 4.11. The number of rotatable bonds is 7. The summed E-state index contributed by atoms with van der Waals surface area (Å²) in [4.78, 5) is 14.0. The van der Waals surface area contributed by atoms with Crippen LogP contribution in [0.15, 0.2) is 42.1 Å². The Labute approximate surface area is 194 Å². The van der Waals surface area contributed by atoms with Crippen molar-refractivity contribution in [2.24, 2.45) is 0 Å². The molecule has 1 heterocycles. The molecule has 0 spiro atoms. The number of thiocarbonyl (C=S) groups is 1. The lowest BCUT2D eigenvalue weighted by Gasteiger charge is -2.15. The Morgan fingerprint density at radius 1 is 1.27 bits per heavy atom. The van der Waals surface area contributed by atoms with Gasteiger partial charge in [0.2, 0.25) is 0 Å². The minimum atomic E-state index is -0.149. The van der Waals surface area contributed by atoms with Crippen molar-refractivity contribution in [1.29, 1.82) is 5.26 Å². The molecule has 1 fully saturated rings. The molecule has 0 atom stereocenters. The number of carbonyl (C=O) groups is 1. The molecular weight excluding hydrogens is 513 g/mol. The molecule has 0 radical (unpaired) electrons. The number of hydrogen-bond acceptors (Lipinski definition) is 5. The highest BCUT2D eigenvalue weighted by atomic mass is 127. The molecule has 2 aromatic carbocycles. The Morgan fingerprint density at radius 3 is 2.70 bits per heavy atom. The maximum Gasteiger partial charge on any atom is 0.276 e. The number of likely N-dealkylation sites (N-methyl/N-ethyl adjacent to an activating group) is 1. The minimum Gasteiger partial charge on any atom is -0.490 e. The number of amides is 1. The predicted octanol–water partition coefficient (Wildman–Crippen LogP) is 4.22. The summed E-state index contributed by atoms with van der Waals surface area (Å²) < 4.78 is 12.7. The molecule has 0 aromatic heterocycles. The molecule has 1 amide bonds. The average molecular weight is 533 g/mol. The number of hydrogen-bond donors (Lipinski definition) is 1. The summed E-state index contributed by atoms with van der Waals surface area (Å²) in [7, 11) is 0. The molecular formula is C22H20IN3O3S. The summed E-state index contributed by atoms with van der Waals surface area (Å²) in [6.45, 7) is 5.00. The van der Waals surface area contributed by atoms with Crippen LogP contribution in [0.3, 0.4) is 0 Å². The lowest BCUT2D eigenvalue weighted by atomic mass is 10.1. The average Bonchev–Trinajstić information content (AvgIpc) is 3.00. The third-order valence-corrected chi connectivity index (χ3v) is 5.55. The Bertz CT molecular complexity index is 1060. The van der Waals surface area contributed by atoms with E-state index in [1.165, 1.54) is 4.90 Å². The largest absolute Gasteiger partial charge is 0.490 e. The third kappa shape index (κ3) is 4.74. The van der Waals surface area contributed by atoms with E-state index >= 15 is 0 Å². The first-order valence-electron chi connectivity index (χ1n) is 9.40. The first-order chi connectivity index (χ1) is 14.5. The number of nitrogens with zero attached hydrogens (tertiary/aromatic N) is 2. The highest BCUT2D eigenvalue weighted by Crippen LogP contribution is 2.36. The topological polar surface area (TPSA) is 74.6 Å². The predicted molar refractivity (Wildman–Crippen MR) is 127 cm³/mol. The summed E-state index contributed by atoms with van der Waals surface area (Å²) in [6, 6.07) is 13.2. The van der Waals surface area contributed by atoms with E-state index in [9.17, 15) is 10.1 Å². The minimum absolute atomic E-state index is 0.149. The number of nitrogens with one attached hydrogen (secondary N) is 1. The molecule has 0 aliphatic carbocycles. The van der Waals surface area contributed by atoms with Crippen LogP contribution in [0.1, 0.15) is 30.5 Å². The normalized spacial score (nSPS) is 14.6. The van der Waals surface area contributed by atoms with Gasteiger partial charge in [-0.15, -0.1) is 0 Å². The number of halogens is 1. The molecule has 0 bridgehead atoms. The van der Waals surface area contributed by atoms with E-state index in [2.05, 4.69) is 34.0 Å². The van der Waals surface area contributed by atoms with Gasteiger partial charge in [-0.3, -0.25) is 9.69 Å². The van der Waals surface area contributed by atoms with Crippen molar-refractivity contribution in [3.63, 3.8) is 0 Å². The van der Waals surface area contributed by atoms with Crippen LogP contribution in [-0.4, -0.2) is 29.1 Å². The van der Waals surface area contributed by atoms with Gasteiger partial charge in [0.15, 0.2) is 16.6 Å². The van der Waals surface area contributed by atoms with Crippen molar-refractivity contribution >= 4 is 51.9 Å². The van der Waals surface area contributed by atoms with Gasteiger partial charge in [0.25, 0.3) is 5.91 Å². The molecule has 30 heavy (non-hydrogen) atoms. The van der Waals surface area contributed by atoms with Gasteiger partial charge in [-0.1, -0.05) is 18.2 Å². The van der Waals surface area contributed by atoms with E-state index in [1.54, 1.807) is 12.1 Å². The Hall–Kier alpha value is -2.64. The number of carbonyl (C=O) groups excluding carboxylic acids is 1. The molecule has 0 saturated carbocycles. The lowest BCUT2D eigenvalue weighted by Crippen LogP contribution is -2.30. The SMILES string of the molecule is CCOc1cc(/C=C2\NC(=S)N(CC)C2=O)cc(I)c1OCc1ccccc1C#N. The summed E-state index contributed by atoms with van der Waals surface area (Å²) in [5.74, 6) is 1.03. The van der Waals surface area contributed by atoms with Gasteiger partial charge in [-0.05, 0) is 78.5 Å². The van der Waals surface area contributed by atoms with Gasteiger partial charge in [-0.2, -0.15) is 5.26 Å². The van der Waals surface area contributed by atoms with Crippen molar-refractivity contribution in [1.82, 2.24) is 10.2 Å². The monoisotopic (exact) mass is 533 g/mol. The van der Waals surface area contributed by atoms with E-state index in [0.717, 1.165) is 14.7 Å². The van der Waals surface area contributed by atoms with Crippen molar-refractivity contribution in [2.75, 3.05) is 13.2 Å². The van der Waals surface area contributed by atoms with Crippen LogP contribution in [0.25, 0.3) is 6.08 Å². The smallest absolute Gasteiger partial charge is 0.276 e. The van der Waals surface area contributed by atoms with Gasteiger partial charge in [0.1, 0.15) is 12.3 Å². The zero-order valence-corrected chi connectivity index (χ0v) is 19.5. The van der Waals surface area contributed by atoms with Crippen LogP contribution in [-0.2, 0) is 11.4 Å². The van der Waals surface area contributed by atoms with E-state index in [4.69, 9.17) is 21.7 Å². The molecule has 1 saturated heterocycles. The van der Waals surface area contributed by atoms with E-state index < -0.39 is 0 Å². The highest BCUT2D eigenvalue weighted by Gasteiger charge is 2.29. The van der Waals surface area contributed by atoms with E-state index in [0.29, 0.717) is 41.0 Å². The molecule has 6 nitrogen and oxygen atoms in total. The van der Waals surface area contributed by atoms with Gasteiger partial charge in [0, 0.05) is 12.1 Å². The summed E-state index contributed by atoms with van der Waals surface area (Å²) in [5.41, 5.74) is 2.60. The second-order valence-corrected chi connectivity index (χ2v) is 7.91. The third-order valence-electron chi connectivity index (χ3n) is 4.43. The summed E-state index contributed by atoms with van der Waals surface area (Å²) >= 11 is 7.39. The van der Waals surface area contributed by atoms with Crippen molar-refractivity contribution < 1.29 is 14.3 Å². The Balaban J connectivity index is 1.89. The number of nitriles is 1. The second-order valence-electron chi connectivity index (χ2n) is 6.36. The summed E-state index contributed by atoms with van der Waals surface area (Å²) in [5, 5.41) is 12.6. The van der Waals surface area contributed by atoms with Crippen LogP contribution in [0.4, 0.5) is 0 Å².